The molecule has 0 atom stereocenters. The van der Waals surface area contributed by atoms with Crippen molar-refractivity contribution in [1.82, 2.24) is 5.32 Å². The van der Waals surface area contributed by atoms with Crippen LogP contribution in [0.5, 0.6) is 0 Å². The van der Waals surface area contributed by atoms with Crippen molar-refractivity contribution in [2.45, 2.75) is 19.3 Å². The molecule has 3 nitrogen and oxygen atoms in total. The van der Waals surface area contributed by atoms with Crippen LogP contribution in [0.3, 0.4) is 0 Å². The normalized spacial score (nSPS) is 13.0. The van der Waals surface area contributed by atoms with Gasteiger partial charge in [-0.2, -0.15) is 0 Å². The minimum absolute atomic E-state index is 0.0635. The number of benzene rings is 2. The zero-order chi connectivity index (χ0) is 16.9. The van der Waals surface area contributed by atoms with E-state index in [1.54, 1.807) is 6.07 Å². The highest BCUT2D eigenvalue weighted by molar-refractivity contribution is 6.42. The van der Waals surface area contributed by atoms with Gasteiger partial charge in [0, 0.05) is 31.7 Å². The molecule has 2 aromatic carbocycles. The molecule has 3 rings (SSSR count). The summed E-state index contributed by atoms with van der Waals surface area (Å²) in [7, 11) is 0. The molecule has 0 radical (unpaired) electrons. The Bertz CT molecular complexity index is 733. The lowest BCUT2D eigenvalue weighted by atomic mass is 10.1. The summed E-state index contributed by atoms with van der Waals surface area (Å²) >= 11 is 11.9. The molecule has 1 amide bonds. The van der Waals surface area contributed by atoms with E-state index in [4.69, 9.17) is 23.2 Å². The number of carbonyl (C=O) groups is 1. The van der Waals surface area contributed by atoms with Gasteiger partial charge >= 0.3 is 0 Å². The van der Waals surface area contributed by atoms with Crippen molar-refractivity contribution in [3.8, 4) is 0 Å². The number of fused-ring (bicyclic) bond motifs is 1. The Morgan fingerprint density at radius 1 is 1.12 bits per heavy atom. The van der Waals surface area contributed by atoms with Gasteiger partial charge in [-0.15, -0.1) is 0 Å². The third-order valence-corrected chi connectivity index (χ3v) is 5.05. The molecule has 5 heteroatoms. The molecule has 0 spiro atoms. The SMILES string of the molecule is O=C(CCc1ccc(Cl)c(Cl)c1)NCCN1CCc2ccccc21. The van der Waals surface area contributed by atoms with Crippen molar-refractivity contribution in [2.24, 2.45) is 0 Å². The number of hydrogen-bond acceptors (Lipinski definition) is 2. The molecule has 1 N–H and O–H groups in total. The maximum atomic E-state index is 12.0. The average Bonchev–Trinajstić information content (AvgIpc) is 2.99. The molecule has 1 aliphatic heterocycles. The van der Waals surface area contributed by atoms with Crippen LogP contribution in [0.15, 0.2) is 42.5 Å². The van der Waals surface area contributed by atoms with Gasteiger partial charge in [-0.3, -0.25) is 4.79 Å². The molecule has 1 heterocycles. The van der Waals surface area contributed by atoms with E-state index in [0.717, 1.165) is 25.1 Å². The first-order valence-electron chi connectivity index (χ1n) is 8.17. The number of nitrogens with zero attached hydrogens (tertiary/aromatic N) is 1. The Morgan fingerprint density at radius 2 is 1.96 bits per heavy atom. The first-order valence-corrected chi connectivity index (χ1v) is 8.92. The number of carbonyl (C=O) groups excluding carboxylic acids is 1. The molecule has 24 heavy (non-hydrogen) atoms. The molecule has 1 aliphatic rings. The predicted octanol–water partition coefficient (Wildman–Crippen LogP) is 4.10. The summed E-state index contributed by atoms with van der Waals surface area (Å²) in [6, 6.07) is 13.9. The van der Waals surface area contributed by atoms with Gasteiger partial charge in [-0.05, 0) is 42.2 Å². The van der Waals surface area contributed by atoms with Crippen LogP contribution in [0.25, 0.3) is 0 Å². The highest BCUT2D eigenvalue weighted by Gasteiger charge is 2.17. The summed E-state index contributed by atoms with van der Waals surface area (Å²) < 4.78 is 0. The molecule has 0 saturated heterocycles. The number of aryl methyl sites for hydroxylation is 1. The molecule has 0 saturated carbocycles. The largest absolute Gasteiger partial charge is 0.369 e. The Balaban J connectivity index is 1.41. The maximum Gasteiger partial charge on any atom is 0.220 e. The fourth-order valence-corrected chi connectivity index (χ4v) is 3.33. The van der Waals surface area contributed by atoms with Crippen molar-refractivity contribution in [2.75, 3.05) is 24.5 Å². The second-order valence-electron chi connectivity index (χ2n) is 5.96. The zero-order valence-corrected chi connectivity index (χ0v) is 14.9. The number of nitrogens with one attached hydrogen (secondary N) is 1. The van der Waals surface area contributed by atoms with Gasteiger partial charge in [0.1, 0.15) is 0 Å². The Morgan fingerprint density at radius 3 is 2.79 bits per heavy atom. The fraction of sp³-hybridized carbons (Fsp3) is 0.316. The summed E-state index contributed by atoms with van der Waals surface area (Å²) in [5.74, 6) is 0.0635. The van der Waals surface area contributed by atoms with E-state index < -0.39 is 0 Å². The first kappa shape index (κ1) is 17.1. The highest BCUT2D eigenvalue weighted by atomic mass is 35.5. The molecule has 2 aromatic rings. The first-order chi connectivity index (χ1) is 11.6. The van der Waals surface area contributed by atoms with Crippen molar-refractivity contribution in [1.29, 1.82) is 0 Å². The van der Waals surface area contributed by atoms with E-state index >= 15 is 0 Å². The van der Waals surface area contributed by atoms with Crippen molar-refractivity contribution in [3.05, 3.63) is 63.6 Å². The van der Waals surface area contributed by atoms with Crippen LogP contribution in [0, 0.1) is 0 Å². The van der Waals surface area contributed by atoms with Gasteiger partial charge in [-0.1, -0.05) is 47.5 Å². The van der Waals surface area contributed by atoms with E-state index in [1.807, 2.05) is 12.1 Å². The standard InChI is InChI=1S/C19H20Cl2N2O/c20-16-7-5-14(13-17(16)21)6-8-19(24)22-10-12-23-11-9-15-3-1-2-4-18(15)23/h1-5,7,13H,6,8-12H2,(H,22,24). The molecule has 0 aromatic heterocycles. The molecule has 0 aliphatic carbocycles. The topological polar surface area (TPSA) is 32.3 Å². The van der Waals surface area contributed by atoms with Gasteiger partial charge in [-0.25, -0.2) is 0 Å². The number of rotatable bonds is 6. The van der Waals surface area contributed by atoms with Crippen LogP contribution in [0.1, 0.15) is 17.5 Å². The average molecular weight is 363 g/mol. The Labute approximate surface area is 152 Å². The molecule has 0 unspecified atom stereocenters. The Kier molecular flexibility index (Phi) is 5.64. The zero-order valence-electron chi connectivity index (χ0n) is 13.4. The lowest BCUT2D eigenvalue weighted by Gasteiger charge is -2.19. The van der Waals surface area contributed by atoms with Crippen molar-refractivity contribution < 1.29 is 4.79 Å². The summed E-state index contributed by atoms with van der Waals surface area (Å²) in [5, 5.41) is 4.06. The van der Waals surface area contributed by atoms with Crippen LogP contribution in [0.4, 0.5) is 5.69 Å². The van der Waals surface area contributed by atoms with Crippen molar-refractivity contribution >= 4 is 34.8 Å². The molecular weight excluding hydrogens is 343 g/mol. The quantitative estimate of drug-likeness (QED) is 0.838. The minimum atomic E-state index is 0.0635. The summed E-state index contributed by atoms with van der Waals surface area (Å²) in [6.07, 6.45) is 2.20. The second kappa shape index (κ2) is 7.91. The third kappa shape index (κ3) is 4.22. The number of para-hydroxylation sites is 1. The van der Waals surface area contributed by atoms with E-state index in [0.29, 0.717) is 29.4 Å². The molecule has 0 bridgehead atoms. The summed E-state index contributed by atoms with van der Waals surface area (Å²) in [5.41, 5.74) is 3.71. The monoisotopic (exact) mass is 362 g/mol. The van der Waals surface area contributed by atoms with Crippen molar-refractivity contribution in [3.63, 3.8) is 0 Å². The Hall–Kier alpha value is -1.71. The van der Waals surface area contributed by atoms with E-state index in [2.05, 4.69) is 34.5 Å². The second-order valence-corrected chi connectivity index (χ2v) is 6.78. The fourth-order valence-electron chi connectivity index (χ4n) is 3.01. The van der Waals surface area contributed by atoms with Crippen LogP contribution in [-0.4, -0.2) is 25.5 Å². The van der Waals surface area contributed by atoms with Gasteiger partial charge in [0.2, 0.25) is 5.91 Å². The van der Waals surface area contributed by atoms with Gasteiger partial charge < -0.3 is 10.2 Å². The molecule has 126 valence electrons. The maximum absolute atomic E-state index is 12.0. The van der Waals surface area contributed by atoms with Gasteiger partial charge in [0.25, 0.3) is 0 Å². The van der Waals surface area contributed by atoms with Crippen LogP contribution in [-0.2, 0) is 17.6 Å². The third-order valence-electron chi connectivity index (χ3n) is 4.31. The van der Waals surface area contributed by atoms with E-state index in [9.17, 15) is 4.79 Å². The van der Waals surface area contributed by atoms with Crippen LogP contribution in [0.2, 0.25) is 10.0 Å². The summed E-state index contributed by atoms with van der Waals surface area (Å²) in [6.45, 7) is 2.53. The lowest BCUT2D eigenvalue weighted by molar-refractivity contribution is -0.120. The van der Waals surface area contributed by atoms with Crippen LogP contribution < -0.4 is 10.2 Å². The summed E-state index contributed by atoms with van der Waals surface area (Å²) in [4.78, 5) is 14.3. The molecule has 0 fully saturated rings. The minimum Gasteiger partial charge on any atom is -0.369 e. The highest BCUT2D eigenvalue weighted by Crippen LogP contribution is 2.26. The number of amides is 1. The van der Waals surface area contributed by atoms with E-state index in [-0.39, 0.29) is 5.91 Å². The van der Waals surface area contributed by atoms with Gasteiger partial charge in [0.15, 0.2) is 0 Å². The smallest absolute Gasteiger partial charge is 0.220 e. The van der Waals surface area contributed by atoms with E-state index in [1.165, 1.54) is 11.3 Å². The number of halogens is 2. The number of hydrogen-bond donors (Lipinski definition) is 1. The van der Waals surface area contributed by atoms with Crippen LogP contribution >= 0.6 is 23.2 Å². The van der Waals surface area contributed by atoms with Gasteiger partial charge in [0.05, 0.1) is 10.0 Å². The molecular formula is C19H20Cl2N2O. The predicted molar refractivity (Wildman–Crippen MR) is 100 cm³/mol. The lowest BCUT2D eigenvalue weighted by Crippen LogP contribution is -2.34. The number of anilines is 1.